The molecule has 0 aliphatic carbocycles. The van der Waals surface area contributed by atoms with E-state index in [0.717, 1.165) is 24.3 Å². The maximum atomic E-state index is 11.9. The maximum Gasteiger partial charge on any atom is 0.338 e. The molecule has 4 heteroatoms. The summed E-state index contributed by atoms with van der Waals surface area (Å²) in [6, 6.07) is 5.78. The Morgan fingerprint density at radius 1 is 1.50 bits per heavy atom. The van der Waals surface area contributed by atoms with Gasteiger partial charge in [-0.3, -0.25) is 0 Å². The minimum absolute atomic E-state index is 0.0602. The summed E-state index contributed by atoms with van der Waals surface area (Å²) >= 11 is 0. The zero-order valence-corrected chi connectivity index (χ0v) is 11.2. The molecule has 0 spiro atoms. The fourth-order valence-electron chi connectivity index (χ4n) is 2.79. The number of esters is 1. The molecular formula is C14H20N2O2. The van der Waals surface area contributed by atoms with Crippen molar-refractivity contribution >= 4 is 11.7 Å². The van der Waals surface area contributed by atoms with Crippen molar-refractivity contribution in [3.05, 3.63) is 29.3 Å². The van der Waals surface area contributed by atoms with E-state index < -0.39 is 0 Å². The minimum atomic E-state index is -0.269. The van der Waals surface area contributed by atoms with E-state index in [0.29, 0.717) is 12.1 Å². The lowest BCUT2D eigenvalue weighted by molar-refractivity contribution is 0.0598. The number of methoxy groups -OCH3 is 1. The molecule has 2 N–H and O–H groups in total. The number of hydrogen-bond acceptors (Lipinski definition) is 4. The highest BCUT2D eigenvalue weighted by Gasteiger charge is 2.38. The molecule has 0 saturated carbocycles. The van der Waals surface area contributed by atoms with E-state index in [9.17, 15) is 4.79 Å². The third-order valence-electron chi connectivity index (χ3n) is 3.45. The Hall–Kier alpha value is -1.55. The summed E-state index contributed by atoms with van der Waals surface area (Å²) in [4.78, 5) is 14.1. The van der Waals surface area contributed by atoms with Crippen molar-refractivity contribution in [2.45, 2.75) is 19.3 Å². The molecular weight excluding hydrogens is 228 g/mol. The number of anilines is 1. The summed E-state index contributed by atoms with van der Waals surface area (Å²) in [6.45, 7) is 6.59. The Morgan fingerprint density at radius 3 is 2.83 bits per heavy atom. The molecule has 2 rings (SSSR count). The molecule has 0 fully saturated rings. The van der Waals surface area contributed by atoms with E-state index in [4.69, 9.17) is 10.5 Å². The number of nitrogens with two attached hydrogens (primary N) is 1. The van der Waals surface area contributed by atoms with Gasteiger partial charge in [-0.05, 0) is 17.7 Å². The summed E-state index contributed by atoms with van der Waals surface area (Å²) in [6.07, 6.45) is 0. The minimum Gasteiger partial charge on any atom is -0.465 e. The molecule has 0 atom stereocenters. The Kier molecular flexibility index (Phi) is 3.30. The quantitative estimate of drug-likeness (QED) is 0.824. The highest BCUT2D eigenvalue weighted by atomic mass is 16.5. The van der Waals surface area contributed by atoms with Crippen LogP contribution < -0.4 is 10.6 Å². The maximum absolute atomic E-state index is 11.9. The first-order valence-electron chi connectivity index (χ1n) is 6.18. The Morgan fingerprint density at radius 2 is 2.22 bits per heavy atom. The van der Waals surface area contributed by atoms with Crippen molar-refractivity contribution in [3.63, 3.8) is 0 Å². The Balaban J connectivity index is 2.54. The predicted molar refractivity (Wildman–Crippen MR) is 72.1 cm³/mol. The van der Waals surface area contributed by atoms with E-state index in [-0.39, 0.29) is 11.4 Å². The molecule has 98 valence electrons. The second-order valence-electron chi connectivity index (χ2n) is 5.29. The summed E-state index contributed by atoms with van der Waals surface area (Å²) in [5.41, 5.74) is 8.43. The molecule has 0 amide bonds. The summed E-state index contributed by atoms with van der Waals surface area (Å²) in [7, 11) is 1.42. The van der Waals surface area contributed by atoms with Gasteiger partial charge in [0.25, 0.3) is 0 Å². The van der Waals surface area contributed by atoms with Gasteiger partial charge in [0.1, 0.15) is 0 Å². The molecule has 1 aliphatic heterocycles. The summed E-state index contributed by atoms with van der Waals surface area (Å²) < 4.78 is 4.87. The van der Waals surface area contributed by atoms with Gasteiger partial charge < -0.3 is 15.4 Å². The third-order valence-corrected chi connectivity index (χ3v) is 3.45. The third kappa shape index (κ3) is 1.97. The van der Waals surface area contributed by atoms with Gasteiger partial charge in [0.05, 0.1) is 12.7 Å². The Labute approximate surface area is 108 Å². The van der Waals surface area contributed by atoms with Crippen LogP contribution >= 0.6 is 0 Å². The Bertz CT molecular complexity index is 469. The molecule has 0 radical (unpaired) electrons. The van der Waals surface area contributed by atoms with E-state index in [1.165, 1.54) is 7.11 Å². The van der Waals surface area contributed by atoms with Crippen LogP contribution in [-0.4, -0.2) is 32.7 Å². The lowest BCUT2D eigenvalue weighted by Crippen LogP contribution is -2.32. The van der Waals surface area contributed by atoms with E-state index in [2.05, 4.69) is 18.7 Å². The van der Waals surface area contributed by atoms with E-state index in [1.807, 2.05) is 18.2 Å². The molecule has 1 aliphatic rings. The molecule has 4 nitrogen and oxygen atoms in total. The van der Waals surface area contributed by atoms with Gasteiger partial charge in [0, 0.05) is 30.7 Å². The van der Waals surface area contributed by atoms with Crippen LogP contribution in [0.2, 0.25) is 0 Å². The van der Waals surface area contributed by atoms with Gasteiger partial charge in [0.2, 0.25) is 0 Å². The van der Waals surface area contributed by atoms with Crippen LogP contribution in [0.1, 0.15) is 29.8 Å². The number of hydrogen-bond donors (Lipinski definition) is 1. The first-order chi connectivity index (χ1) is 8.51. The molecule has 1 heterocycles. The van der Waals surface area contributed by atoms with Crippen molar-refractivity contribution in [3.8, 4) is 0 Å². The molecule has 0 saturated heterocycles. The lowest BCUT2D eigenvalue weighted by atomic mass is 9.84. The number of carbonyl (C=O) groups is 1. The number of rotatable bonds is 3. The van der Waals surface area contributed by atoms with Gasteiger partial charge in [-0.15, -0.1) is 0 Å². The molecule has 18 heavy (non-hydrogen) atoms. The van der Waals surface area contributed by atoms with Gasteiger partial charge in [-0.1, -0.05) is 19.9 Å². The molecule has 1 aromatic carbocycles. The zero-order valence-electron chi connectivity index (χ0n) is 11.2. The van der Waals surface area contributed by atoms with Crippen molar-refractivity contribution in [1.29, 1.82) is 0 Å². The smallest absolute Gasteiger partial charge is 0.338 e. The second-order valence-corrected chi connectivity index (χ2v) is 5.29. The van der Waals surface area contributed by atoms with Crippen LogP contribution in [-0.2, 0) is 10.2 Å². The van der Waals surface area contributed by atoms with E-state index >= 15 is 0 Å². The zero-order chi connectivity index (χ0) is 13.3. The average Bonchev–Trinajstić information content (AvgIpc) is 2.61. The largest absolute Gasteiger partial charge is 0.465 e. The van der Waals surface area contributed by atoms with Gasteiger partial charge in [-0.2, -0.15) is 0 Å². The van der Waals surface area contributed by atoms with Gasteiger partial charge >= 0.3 is 5.97 Å². The monoisotopic (exact) mass is 248 g/mol. The predicted octanol–water partition coefficient (Wildman–Crippen LogP) is 1.53. The van der Waals surface area contributed by atoms with Crippen LogP contribution in [0.4, 0.5) is 5.69 Å². The summed E-state index contributed by atoms with van der Waals surface area (Å²) in [5.74, 6) is -0.269. The molecule has 0 unspecified atom stereocenters. The number of carbonyl (C=O) groups excluding carboxylic acids is 1. The fourth-order valence-corrected chi connectivity index (χ4v) is 2.79. The lowest BCUT2D eigenvalue weighted by Gasteiger charge is -2.21. The second kappa shape index (κ2) is 4.61. The van der Waals surface area contributed by atoms with Gasteiger partial charge in [0.15, 0.2) is 0 Å². The number of benzene rings is 1. The number of nitrogens with zero attached hydrogens (tertiary/aromatic N) is 1. The summed E-state index contributed by atoms with van der Waals surface area (Å²) in [5, 5.41) is 0. The van der Waals surface area contributed by atoms with Crippen LogP contribution in [0.25, 0.3) is 0 Å². The standard InChI is InChI=1S/C14H20N2O2/c1-14(2)9-16(8-7-15)11-6-4-5-10(12(11)14)13(17)18-3/h4-6H,7-9,15H2,1-3H3. The SMILES string of the molecule is COC(=O)c1cccc2c1C(C)(C)CN2CCN. The van der Waals surface area contributed by atoms with Crippen LogP contribution in [0.5, 0.6) is 0 Å². The highest BCUT2D eigenvalue weighted by Crippen LogP contribution is 2.42. The highest BCUT2D eigenvalue weighted by molar-refractivity contribution is 5.94. The number of fused-ring (bicyclic) bond motifs is 1. The average molecular weight is 248 g/mol. The van der Waals surface area contributed by atoms with Crippen molar-refractivity contribution in [2.75, 3.05) is 31.6 Å². The van der Waals surface area contributed by atoms with Crippen LogP contribution in [0.3, 0.4) is 0 Å². The van der Waals surface area contributed by atoms with Crippen molar-refractivity contribution in [2.24, 2.45) is 5.73 Å². The van der Waals surface area contributed by atoms with Crippen LogP contribution in [0, 0.1) is 0 Å². The first kappa shape index (κ1) is 12.9. The van der Waals surface area contributed by atoms with E-state index in [1.54, 1.807) is 0 Å². The first-order valence-corrected chi connectivity index (χ1v) is 6.18. The van der Waals surface area contributed by atoms with Crippen molar-refractivity contribution in [1.82, 2.24) is 0 Å². The fraction of sp³-hybridized carbons (Fsp3) is 0.500. The van der Waals surface area contributed by atoms with Crippen LogP contribution in [0.15, 0.2) is 18.2 Å². The number of ether oxygens (including phenoxy) is 1. The van der Waals surface area contributed by atoms with Gasteiger partial charge in [-0.25, -0.2) is 4.79 Å². The topological polar surface area (TPSA) is 55.6 Å². The van der Waals surface area contributed by atoms with Crippen molar-refractivity contribution < 1.29 is 9.53 Å². The molecule has 0 bridgehead atoms. The normalized spacial score (nSPS) is 16.6. The molecule has 0 aromatic heterocycles. The molecule has 1 aromatic rings.